The smallest absolute Gasteiger partial charge is 0.255 e. The number of carbonyl (C=O) groups excluding carboxylic acids is 2. The average Bonchev–Trinajstić information content (AvgIpc) is 3.05. The summed E-state index contributed by atoms with van der Waals surface area (Å²) < 4.78 is 60.0. The molecule has 2 N–H and O–H groups in total. The van der Waals surface area contributed by atoms with Crippen molar-refractivity contribution in [2.24, 2.45) is 0 Å². The Morgan fingerprint density at radius 1 is 0.591 bits per heavy atom. The van der Waals surface area contributed by atoms with Crippen molar-refractivity contribution in [3.8, 4) is 22.6 Å². The van der Waals surface area contributed by atoms with Crippen LogP contribution in [0.1, 0.15) is 34.6 Å². The zero-order valence-corrected chi connectivity index (χ0v) is 26.2. The first-order valence-electron chi connectivity index (χ1n) is 13.6. The summed E-state index contributed by atoms with van der Waals surface area (Å²) in [5.74, 6) is -0.416. The first-order chi connectivity index (χ1) is 20.9. The van der Waals surface area contributed by atoms with Crippen LogP contribution in [0.25, 0.3) is 11.1 Å². The van der Waals surface area contributed by atoms with Gasteiger partial charge < -0.3 is 20.1 Å². The molecule has 0 bridgehead atoms. The molecule has 4 aromatic carbocycles. The Bertz CT molecular complexity index is 1800. The first-order valence-corrected chi connectivity index (χ1v) is 16.9. The van der Waals surface area contributed by atoms with Crippen molar-refractivity contribution in [2.45, 2.75) is 23.6 Å². The van der Waals surface area contributed by atoms with Gasteiger partial charge in [-0.3, -0.25) is 9.59 Å². The fourth-order valence-electron chi connectivity index (χ4n) is 4.33. The highest BCUT2D eigenvalue weighted by atomic mass is 32.2. The molecule has 44 heavy (non-hydrogen) atoms. The summed E-state index contributed by atoms with van der Waals surface area (Å²) in [7, 11) is -4.03. The number of rotatable bonds is 11. The van der Waals surface area contributed by atoms with E-state index in [0.29, 0.717) is 22.9 Å². The van der Waals surface area contributed by atoms with Crippen molar-refractivity contribution in [2.75, 3.05) is 36.4 Å². The summed E-state index contributed by atoms with van der Waals surface area (Å²) in [6.07, 6.45) is 0. The molecule has 0 heterocycles. The van der Waals surface area contributed by atoms with Gasteiger partial charge in [-0.1, -0.05) is 38.1 Å². The second-order valence-electron chi connectivity index (χ2n) is 9.60. The molecule has 0 saturated carbocycles. The highest BCUT2D eigenvalue weighted by molar-refractivity contribution is 7.91. The highest BCUT2D eigenvalue weighted by Crippen LogP contribution is 2.35. The number of hydrogen-bond acceptors (Lipinski definition) is 8. The molecule has 12 heteroatoms. The molecule has 0 aliphatic carbocycles. The maximum atomic E-state index is 13.0. The monoisotopic (exact) mass is 636 g/mol. The van der Waals surface area contributed by atoms with E-state index < -0.39 is 31.5 Å². The summed E-state index contributed by atoms with van der Waals surface area (Å²) >= 11 is 0. The van der Waals surface area contributed by atoms with Gasteiger partial charge in [0.1, 0.15) is 11.5 Å². The Morgan fingerprint density at radius 3 is 1.32 bits per heavy atom. The Labute approximate surface area is 256 Å². The summed E-state index contributed by atoms with van der Waals surface area (Å²) in [4.78, 5) is 26.1. The molecule has 0 spiro atoms. The van der Waals surface area contributed by atoms with Gasteiger partial charge in [0.2, 0.25) is 0 Å². The van der Waals surface area contributed by atoms with Gasteiger partial charge in [0.15, 0.2) is 19.7 Å². The number of benzene rings is 4. The molecule has 230 valence electrons. The second-order valence-corrected chi connectivity index (χ2v) is 14.2. The molecule has 0 saturated heterocycles. The van der Waals surface area contributed by atoms with E-state index in [1.165, 1.54) is 76.6 Å². The summed E-state index contributed by atoms with van der Waals surface area (Å²) in [5.41, 5.74) is 2.59. The third-order valence-electron chi connectivity index (χ3n) is 6.90. The molecule has 0 radical (unpaired) electrons. The SMILES string of the molecule is CCS(=O)(=O)c1cccc(C(=O)Nc2ccc(-c3ccc(NC(=O)c4cccc(S(=O)(=O)CC)c4)c(OC)c3)cc2OC)c1. The molecule has 4 rings (SSSR count). The number of methoxy groups -OCH3 is 2. The fourth-order valence-corrected chi connectivity index (χ4v) is 6.18. The van der Waals surface area contributed by atoms with Crippen LogP contribution in [0.2, 0.25) is 0 Å². The number of hydrogen-bond donors (Lipinski definition) is 2. The van der Waals surface area contributed by atoms with Crippen molar-refractivity contribution >= 4 is 42.9 Å². The van der Waals surface area contributed by atoms with E-state index in [1.807, 2.05) is 0 Å². The topological polar surface area (TPSA) is 145 Å². The minimum absolute atomic E-state index is 0.0708. The molecule has 0 unspecified atom stereocenters. The second kappa shape index (κ2) is 13.3. The lowest BCUT2D eigenvalue weighted by molar-refractivity contribution is 0.101. The van der Waals surface area contributed by atoms with Gasteiger partial charge in [0, 0.05) is 11.1 Å². The molecule has 0 aliphatic rings. The van der Waals surface area contributed by atoms with Gasteiger partial charge in [0.25, 0.3) is 11.8 Å². The van der Waals surface area contributed by atoms with Crippen LogP contribution >= 0.6 is 0 Å². The molecule has 2 amide bonds. The van der Waals surface area contributed by atoms with E-state index in [-0.39, 0.29) is 32.4 Å². The van der Waals surface area contributed by atoms with E-state index in [9.17, 15) is 26.4 Å². The molecular formula is C32H32N2O8S2. The van der Waals surface area contributed by atoms with Crippen LogP contribution in [-0.2, 0) is 19.7 Å². The molecule has 10 nitrogen and oxygen atoms in total. The van der Waals surface area contributed by atoms with Crippen LogP contribution in [0.15, 0.2) is 94.7 Å². The van der Waals surface area contributed by atoms with Gasteiger partial charge in [-0.2, -0.15) is 0 Å². The molecule has 4 aromatic rings. The van der Waals surface area contributed by atoms with Crippen molar-refractivity contribution in [1.82, 2.24) is 0 Å². The standard InChI is InChI=1S/C32H32N2O8S2/c1-5-43(37,38)25-11-7-9-23(17-25)31(35)33-27-15-13-21(19-29(27)41-3)22-14-16-28(30(20-22)42-4)34-32(36)24-10-8-12-26(18-24)44(39,40)6-2/h7-20H,5-6H2,1-4H3,(H,33,35)(H,34,36). The predicted octanol–water partition coefficient (Wildman–Crippen LogP) is 5.46. The molecule has 0 aliphatic heterocycles. The lowest BCUT2D eigenvalue weighted by Crippen LogP contribution is -2.14. The van der Waals surface area contributed by atoms with Crippen LogP contribution in [0, 0.1) is 0 Å². The largest absolute Gasteiger partial charge is 0.495 e. The lowest BCUT2D eigenvalue weighted by atomic mass is 10.0. The molecule has 0 aromatic heterocycles. The Kier molecular flexibility index (Phi) is 9.75. The van der Waals surface area contributed by atoms with Gasteiger partial charge in [0.05, 0.1) is 46.9 Å². The molecule has 0 atom stereocenters. The number of carbonyl (C=O) groups is 2. The highest BCUT2D eigenvalue weighted by Gasteiger charge is 2.18. The zero-order chi connectivity index (χ0) is 32.1. The third-order valence-corrected chi connectivity index (χ3v) is 10.4. The average molecular weight is 637 g/mol. The van der Waals surface area contributed by atoms with Crippen LogP contribution in [0.4, 0.5) is 11.4 Å². The summed E-state index contributed by atoms with van der Waals surface area (Å²) in [6.45, 7) is 3.08. The van der Waals surface area contributed by atoms with Crippen LogP contribution < -0.4 is 20.1 Å². The number of amides is 2. The van der Waals surface area contributed by atoms with E-state index in [2.05, 4.69) is 10.6 Å². The number of sulfone groups is 2. The number of nitrogens with one attached hydrogen (secondary N) is 2. The van der Waals surface area contributed by atoms with Crippen LogP contribution in [-0.4, -0.2) is 54.4 Å². The van der Waals surface area contributed by atoms with E-state index >= 15 is 0 Å². The van der Waals surface area contributed by atoms with E-state index in [1.54, 1.807) is 36.4 Å². The number of ether oxygens (including phenoxy) is 2. The zero-order valence-electron chi connectivity index (χ0n) is 24.6. The summed E-state index contributed by atoms with van der Waals surface area (Å²) in [5, 5.41) is 5.54. The predicted molar refractivity (Wildman–Crippen MR) is 169 cm³/mol. The van der Waals surface area contributed by atoms with Crippen LogP contribution in [0.3, 0.4) is 0 Å². The Balaban J connectivity index is 1.56. The van der Waals surface area contributed by atoms with Gasteiger partial charge in [-0.15, -0.1) is 0 Å². The Morgan fingerprint density at radius 2 is 0.977 bits per heavy atom. The van der Waals surface area contributed by atoms with Gasteiger partial charge in [-0.25, -0.2) is 16.8 Å². The molecule has 0 fully saturated rings. The fraction of sp³-hybridized carbons (Fsp3) is 0.188. The van der Waals surface area contributed by atoms with Gasteiger partial charge >= 0.3 is 0 Å². The maximum Gasteiger partial charge on any atom is 0.255 e. The normalized spacial score (nSPS) is 11.5. The van der Waals surface area contributed by atoms with E-state index in [0.717, 1.165) is 11.1 Å². The number of anilines is 2. The third kappa shape index (κ3) is 7.09. The van der Waals surface area contributed by atoms with Gasteiger partial charge in [-0.05, 0) is 71.8 Å². The van der Waals surface area contributed by atoms with E-state index in [4.69, 9.17) is 9.47 Å². The molecular weight excluding hydrogens is 604 g/mol. The first kappa shape index (κ1) is 32.2. The minimum Gasteiger partial charge on any atom is -0.495 e. The summed E-state index contributed by atoms with van der Waals surface area (Å²) in [6, 6.07) is 22.0. The lowest BCUT2D eigenvalue weighted by Gasteiger charge is -2.15. The van der Waals surface area contributed by atoms with Crippen LogP contribution in [0.5, 0.6) is 11.5 Å². The maximum absolute atomic E-state index is 13.0. The Hall–Kier alpha value is -4.68. The van der Waals surface area contributed by atoms with Crippen molar-refractivity contribution < 1.29 is 35.9 Å². The van der Waals surface area contributed by atoms with Crippen molar-refractivity contribution in [1.29, 1.82) is 0 Å². The van der Waals surface area contributed by atoms with Crippen molar-refractivity contribution in [3.05, 3.63) is 96.1 Å². The van der Waals surface area contributed by atoms with Crippen molar-refractivity contribution in [3.63, 3.8) is 0 Å². The minimum atomic E-state index is -3.47. The quantitative estimate of drug-likeness (QED) is 0.221.